The number of thioether (sulfide) groups is 1. The zero-order valence-electron chi connectivity index (χ0n) is 67.0. The summed E-state index contributed by atoms with van der Waals surface area (Å²) in [6, 6.07) is 49.2. The SMILES string of the molecule is CN1CCC2(CC1)CNc1ccccc1O2.CN1CCC2(CC1)COc1ccccc12.CN1CCC2(CC1)COc1ccccc1O2.CN1CCC2(CC1)COc1cccnc1O2.CN1CCC2(CC1)COc1ncccc1O2.CN1CCC2(CC1)CSc1ccccc1O2.CN1CCC2(CCc3ccccc3O2)CC1. The van der Waals surface area contributed by atoms with Crippen molar-refractivity contribution in [2.75, 3.05) is 185 Å². The van der Waals surface area contributed by atoms with Crippen molar-refractivity contribution in [1.82, 2.24) is 44.3 Å². The zero-order chi connectivity index (χ0) is 76.4. The van der Waals surface area contributed by atoms with E-state index in [0.29, 0.717) is 37.0 Å². The summed E-state index contributed by atoms with van der Waals surface area (Å²) in [7, 11) is 15.2. The summed E-state index contributed by atoms with van der Waals surface area (Å²) in [6.07, 6.45) is 21.4. The maximum atomic E-state index is 6.28. The van der Waals surface area contributed by atoms with Gasteiger partial charge in [0.1, 0.15) is 76.4 Å². The number of hydrogen-bond acceptors (Lipinski definition) is 21. The minimum atomic E-state index is -0.145. The fourth-order valence-electron chi connectivity index (χ4n) is 17.5. The van der Waals surface area contributed by atoms with E-state index in [1.165, 1.54) is 80.7 Å². The molecule has 0 unspecified atom stereocenters. The van der Waals surface area contributed by atoms with Crippen LogP contribution < -0.4 is 52.7 Å². The number of piperidine rings is 7. The van der Waals surface area contributed by atoms with Gasteiger partial charge in [-0.2, -0.15) is 0 Å². The lowest BCUT2D eigenvalue weighted by Crippen LogP contribution is -2.52. The summed E-state index contributed by atoms with van der Waals surface area (Å²) in [4.78, 5) is 26.2. The number of aryl methyl sites for hydroxylation is 1. The molecule has 7 saturated heterocycles. The second-order valence-electron chi connectivity index (χ2n) is 34.0. The van der Waals surface area contributed by atoms with Crippen LogP contribution in [0.15, 0.2) is 163 Å². The minimum absolute atomic E-state index is 0.0286. The molecule has 0 aliphatic carbocycles. The summed E-state index contributed by atoms with van der Waals surface area (Å²) in [5.74, 6) is 10.1. The van der Waals surface area contributed by atoms with Crippen molar-refractivity contribution in [3.05, 3.63) is 169 Å². The van der Waals surface area contributed by atoms with Crippen molar-refractivity contribution >= 4 is 17.4 Å². The number of hydrogen-bond donors (Lipinski definition) is 1. The molecule has 0 saturated carbocycles. The van der Waals surface area contributed by atoms with Gasteiger partial charge in [0.05, 0.1) is 18.8 Å². The molecule has 1 N–H and O–H groups in total. The average molecular weight is 1530 g/mol. The van der Waals surface area contributed by atoms with E-state index < -0.39 is 0 Å². The highest BCUT2D eigenvalue weighted by Gasteiger charge is 2.47. The van der Waals surface area contributed by atoms with Gasteiger partial charge in [0.25, 0.3) is 11.8 Å². The van der Waals surface area contributed by atoms with Gasteiger partial charge < -0.3 is 87.0 Å². The maximum absolute atomic E-state index is 6.28. The lowest BCUT2D eigenvalue weighted by atomic mass is 9.74. The third-order valence-corrected chi connectivity index (χ3v) is 27.0. The van der Waals surface area contributed by atoms with E-state index in [0.717, 1.165) is 200 Å². The van der Waals surface area contributed by atoms with Gasteiger partial charge in [0.2, 0.25) is 0 Å². The molecular formula is C90H120N10O10S. The van der Waals surface area contributed by atoms with Gasteiger partial charge in [0, 0.05) is 177 Å². The molecule has 14 aliphatic rings. The Labute approximate surface area is 664 Å². The van der Waals surface area contributed by atoms with E-state index in [4.69, 9.17) is 47.4 Å². The fraction of sp³-hybridized carbons (Fsp3) is 0.556. The molecule has 0 radical (unpaired) electrons. The largest absolute Gasteiger partial charge is 0.492 e. The Morgan fingerprint density at radius 2 is 0.703 bits per heavy atom. The molecule has 7 fully saturated rings. The Morgan fingerprint density at radius 3 is 1.32 bits per heavy atom. The second kappa shape index (κ2) is 34.9. The molecule has 21 heteroatoms. The summed E-state index contributed by atoms with van der Waals surface area (Å²) in [5, 5.41) is 3.49. The number of pyridine rings is 2. The van der Waals surface area contributed by atoms with Crippen molar-refractivity contribution < 1.29 is 47.4 Å². The Hall–Kier alpha value is -7.73. The smallest absolute Gasteiger partial charge is 0.257 e. The van der Waals surface area contributed by atoms with Crippen molar-refractivity contribution in [3.8, 4) is 57.8 Å². The predicted octanol–water partition coefficient (Wildman–Crippen LogP) is 13.7. The van der Waals surface area contributed by atoms with Crippen LogP contribution in [-0.4, -0.2) is 258 Å². The Kier molecular flexibility index (Phi) is 24.7. The van der Waals surface area contributed by atoms with E-state index in [1.54, 1.807) is 12.4 Å². The first-order valence-electron chi connectivity index (χ1n) is 41.1. The van der Waals surface area contributed by atoms with Crippen LogP contribution in [0.3, 0.4) is 0 Å². The van der Waals surface area contributed by atoms with Crippen LogP contribution in [0.5, 0.6) is 57.8 Å². The van der Waals surface area contributed by atoms with E-state index in [2.05, 4.69) is 184 Å². The van der Waals surface area contributed by atoms with Crippen LogP contribution in [0.4, 0.5) is 5.69 Å². The quantitative estimate of drug-likeness (QED) is 0.153. The lowest BCUT2D eigenvalue weighted by Gasteiger charge is -2.44. The molecule has 20 nitrogen and oxygen atoms in total. The van der Waals surface area contributed by atoms with Crippen molar-refractivity contribution in [2.24, 2.45) is 0 Å². The van der Waals surface area contributed by atoms with Gasteiger partial charge >= 0.3 is 0 Å². The molecule has 596 valence electrons. The van der Waals surface area contributed by atoms with Crippen LogP contribution in [0, 0.1) is 0 Å². The number of benzene rings is 5. The first-order chi connectivity index (χ1) is 53.9. The highest BCUT2D eigenvalue weighted by molar-refractivity contribution is 7.99. The average Bonchev–Trinajstić information content (AvgIpc) is 1.65. The van der Waals surface area contributed by atoms with Gasteiger partial charge in [-0.05, 0) is 179 Å². The third kappa shape index (κ3) is 19.2. The van der Waals surface area contributed by atoms with Gasteiger partial charge in [-0.15, -0.1) is 11.8 Å². The molecule has 111 heavy (non-hydrogen) atoms. The van der Waals surface area contributed by atoms with E-state index in [1.807, 2.05) is 72.4 Å². The number of anilines is 1. The molecular weight excluding hydrogens is 1410 g/mol. The minimum Gasteiger partial charge on any atom is -0.492 e. The summed E-state index contributed by atoms with van der Waals surface area (Å²) >= 11 is 1.95. The number of aromatic nitrogens is 2. The highest BCUT2D eigenvalue weighted by atomic mass is 32.2. The monoisotopic (exact) mass is 1530 g/mol. The third-order valence-electron chi connectivity index (χ3n) is 25.7. The standard InChI is InChI=1S/C14H19NO.C13H18N2O.C13H17NO2.C13H17NOS.C13H17NO.2C12H16N2O2/c1-15-10-8-14(9-11-15)7-6-12-4-2-3-5-13(12)16-14;1-15-8-6-13(7-9-15)10-14-11-4-2-3-5-12(11)16-13;1-14-8-6-13(7-9-14)10-15-11-4-2-3-5-12(11)16-13;1-14-8-6-13(7-9-14)10-16-12-5-3-2-4-11(12)15-13;1-14-8-6-13(7-9-14)10-15-12-5-3-2-4-11(12)13;1-14-7-4-12(5-8-14)9-15-11-10(16-12)3-2-6-13-11;1-14-7-4-12(5-8-14)9-15-10-3-2-6-13-11(10)16-12/h2-5H,6-11H2,1H3;2-5,14H,6-10H2,1H3;2*2-5H,6-10H2,1H3;2-5H,6-10H2,1H3;2*2-3,6H,4-5,7-9H2,1H3. The van der Waals surface area contributed by atoms with Crippen LogP contribution in [-0.2, 0) is 11.8 Å². The van der Waals surface area contributed by atoms with Gasteiger partial charge in [-0.1, -0.05) is 72.8 Å². The Bertz CT molecular complexity index is 3570. The zero-order valence-corrected chi connectivity index (χ0v) is 67.8. The first-order valence-corrected chi connectivity index (χ1v) is 42.1. The van der Waals surface area contributed by atoms with Crippen LogP contribution >= 0.6 is 11.8 Å². The molecule has 0 amide bonds. The predicted molar refractivity (Wildman–Crippen MR) is 439 cm³/mol. The number of nitrogens with zero attached hydrogens (tertiary/aromatic N) is 9. The van der Waals surface area contributed by atoms with Crippen molar-refractivity contribution in [2.45, 2.75) is 147 Å². The lowest BCUT2D eigenvalue weighted by molar-refractivity contribution is -0.0520. The van der Waals surface area contributed by atoms with Gasteiger partial charge in [-0.3, -0.25) is 0 Å². The number of ether oxygens (including phenoxy) is 10. The van der Waals surface area contributed by atoms with Crippen molar-refractivity contribution in [3.63, 3.8) is 0 Å². The number of rotatable bonds is 0. The highest BCUT2D eigenvalue weighted by Crippen LogP contribution is 2.48. The molecule has 0 bridgehead atoms. The summed E-state index contributed by atoms with van der Waals surface area (Å²) in [6.45, 7) is 19.5. The van der Waals surface area contributed by atoms with Gasteiger partial charge in [-0.25, -0.2) is 9.97 Å². The number of likely N-dealkylation sites (tertiary alicyclic amines) is 7. The molecule has 16 heterocycles. The molecule has 21 rings (SSSR count). The normalized spacial score (nSPS) is 23.5. The second-order valence-corrected chi connectivity index (χ2v) is 35.0. The van der Waals surface area contributed by atoms with Crippen LogP contribution in [0.25, 0.3) is 0 Å². The number of nitrogens with one attached hydrogen (secondary N) is 1. The van der Waals surface area contributed by atoms with Crippen LogP contribution in [0.2, 0.25) is 0 Å². The van der Waals surface area contributed by atoms with Crippen molar-refractivity contribution in [1.29, 1.82) is 0 Å². The fourth-order valence-corrected chi connectivity index (χ4v) is 18.7. The summed E-state index contributed by atoms with van der Waals surface area (Å²) < 4.78 is 60.1. The van der Waals surface area contributed by atoms with Crippen LogP contribution in [0.1, 0.15) is 107 Å². The molecule has 7 aromatic rings. The topological polar surface area (TPSA) is 153 Å². The summed E-state index contributed by atoms with van der Waals surface area (Å²) in [5.41, 5.74) is 4.20. The Balaban J connectivity index is 0.000000103. The molecule has 7 spiro atoms. The van der Waals surface area contributed by atoms with E-state index in [-0.39, 0.29) is 33.6 Å². The Morgan fingerprint density at radius 1 is 0.306 bits per heavy atom. The van der Waals surface area contributed by atoms with E-state index >= 15 is 0 Å². The number of fused-ring (bicyclic) bond motifs is 8. The molecule has 0 atom stereocenters. The molecule has 2 aromatic heterocycles. The molecule has 14 aliphatic heterocycles. The first kappa shape index (κ1) is 78.5. The number of para-hydroxylation sites is 7. The van der Waals surface area contributed by atoms with Gasteiger partial charge in [0.15, 0.2) is 23.0 Å². The maximum Gasteiger partial charge on any atom is 0.257 e. The molecule has 5 aromatic carbocycles. The van der Waals surface area contributed by atoms with E-state index in [9.17, 15) is 0 Å².